The lowest BCUT2D eigenvalue weighted by Crippen LogP contribution is -2.33. The number of H-pyrrole nitrogens is 1. The van der Waals surface area contributed by atoms with E-state index in [4.69, 9.17) is 0 Å². The molecule has 0 aromatic carbocycles. The van der Waals surface area contributed by atoms with E-state index < -0.39 is 11.2 Å². The Labute approximate surface area is 113 Å². The predicted octanol–water partition coefficient (Wildman–Crippen LogP) is 0.259. The molecule has 2 heterocycles. The van der Waals surface area contributed by atoms with E-state index in [9.17, 15) is 9.59 Å². The van der Waals surface area contributed by atoms with Gasteiger partial charge in [-0.25, -0.2) is 9.78 Å². The summed E-state index contributed by atoms with van der Waals surface area (Å²) in [6.07, 6.45) is 5.27. The van der Waals surface area contributed by atoms with E-state index in [0.29, 0.717) is 4.91 Å². The number of aromatic nitrogens is 5. The Morgan fingerprint density at radius 2 is 2.11 bits per heavy atom. The number of thiol groups is 1. The standard InChI is InChI=1S/C11H11N5O2S/c1-3-4-5-6(19)8-12-7-9(15-14-8)13-11(18)16(2)10(7)17/h3-5,19H,1-2H3,(H,13,15,18)/b4-3-,6-5-. The highest BCUT2D eigenvalue weighted by atomic mass is 32.1. The molecule has 7 nitrogen and oxygen atoms in total. The fourth-order valence-corrected chi connectivity index (χ4v) is 1.55. The van der Waals surface area contributed by atoms with Crippen LogP contribution in [-0.4, -0.2) is 24.7 Å². The molecule has 1 N–H and O–H groups in total. The molecule has 0 atom stereocenters. The topological polar surface area (TPSA) is 93.5 Å². The zero-order valence-electron chi connectivity index (χ0n) is 10.3. The summed E-state index contributed by atoms with van der Waals surface area (Å²) < 4.78 is 0.925. The predicted molar refractivity (Wildman–Crippen MR) is 75.0 cm³/mol. The Hall–Kier alpha value is -2.22. The van der Waals surface area contributed by atoms with Gasteiger partial charge in [0.25, 0.3) is 5.56 Å². The second-order valence-corrected chi connectivity index (χ2v) is 4.19. The Morgan fingerprint density at radius 3 is 2.79 bits per heavy atom. The lowest BCUT2D eigenvalue weighted by Gasteiger charge is -2.01. The number of fused-ring (bicyclic) bond motifs is 1. The molecule has 0 bridgehead atoms. The molecule has 0 fully saturated rings. The van der Waals surface area contributed by atoms with E-state index in [-0.39, 0.29) is 17.0 Å². The van der Waals surface area contributed by atoms with Crippen molar-refractivity contribution in [1.29, 1.82) is 0 Å². The molecule has 2 rings (SSSR count). The van der Waals surface area contributed by atoms with Crippen LogP contribution in [-0.2, 0) is 7.05 Å². The van der Waals surface area contributed by atoms with Crippen molar-refractivity contribution in [2.75, 3.05) is 0 Å². The summed E-state index contributed by atoms with van der Waals surface area (Å²) >= 11 is 4.22. The van der Waals surface area contributed by atoms with E-state index in [1.807, 2.05) is 13.0 Å². The lowest BCUT2D eigenvalue weighted by atomic mass is 10.4. The monoisotopic (exact) mass is 277 g/mol. The summed E-state index contributed by atoms with van der Waals surface area (Å²) in [5.41, 5.74) is -0.976. The van der Waals surface area contributed by atoms with Crippen molar-refractivity contribution < 1.29 is 0 Å². The number of nitrogens with one attached hydrogen (secondary N) is 1. The number of aromatic amines is 1. The van der Waals surface area contributed by atoms with Crippen LogP contribution in [0.3, 0.4) is 0 Å². The molecule has 0 unspecified atom stereocenters. The molecule has 98 valence electrons. The maximum Gasteiger partial charge on any atom is 0.329 e. The highest BCUT2D eigenvalue weighted by molar-refractivity contribution is 7.90. The second kappa shape index (κ2) is 5.19. The van der Waals surface area contributed by atoms with Crippen molar-refractivity contribution in [3.05, 3.63) is 44.9 Å². The van der Waals surface area contributed by atoms with Crippen molar-refractivity contribution in [1.82, 2.24) is 24.7 Å². The summed E-state index contributed by atoms with van der Waals surface area (Å²) in [5.74, 6) is 0.220. The van der Waals surface area contributed by atoms with Crippen LogP contribution in [0.15, 0.2) is 27.8 Å². The summed E-state index contributed by atoms with van der Waals surface area (Å²) in [6, 6.07) is 0. The van der Waals surface area contributed by atoms with Crippen LogP contribution in [0.5, 0.6) is 0 Å². The van der Waals surface area contributed by atoms with E-state index in [2.05, 4.69) is 32.8 Å². The number of allylic oxidation sites excluding steroid dienone is 3. The smallest absolute Gasteiger partial charge is 0.288 e. The van der Waals surface area contributed by atoms with Crippen LogP contribution in [0.4, 0.5) is 0 Å². The molecule has 0 amide bonds. The van der Waals surface area contributed by atoms with Crippen LogP contribution in [0, 0.1) is 0 Å². The zero-order chi connectivity index (χ0) is 14.0. The summed E-state index contributed by atoms with van der Waals surface area (Å²) in [6.45, 7) is 1.86. The average molecular weight is 277 g/mol. The van der Waals surface area contributed by atoms with Crippen molar-refractivity contribution in [2.24, 2.45) is 7.05 Å². The Balaban J connectivity index is 2.71. The molecular weight excluding hydrogens is 266 g/mol. The van der Waals surface area contributed by atoms with E-state index in [1.165, 1.54) is 7.05 Å². The Morgan fingerprint density at radius 1 is 1.37 bits per heavy atom. The lowest BCUT2D eigenvalue weighted by molar-refractivity contribution is 0.779. The van der Waals surface area contributed by atoms with Gasteiger partial charge in [-0.1, -0.05) is 12.2 Å². The van der Waals surface area contributed by atoms with Crippen molar-refractivity contribution >= 4 is 28.7 Å². The van der Waals surface area contributed by atoms with Gasteiger partial charge in [0.2, 0.25) is 0 Å². The Bertz CT molecular complexity index is 803. The third-order valence-electron chi connectivity index (χ3n) is 2.40. The molecule has 2 aromatic rings. The SMILES string of the molecule is C/C=C\C=C(/S)c1nnc2[nH]c(=O)n(C)c(=O)c2n1. The fraction of sp³-hybridized carbons (Fsp3) is 0.182. The van der Waals surface area contributed by atoms with Gasteiger partial charge in [-0.3, -0.25) is 14.3 Å². The van der Waals surface area contributed by atoms with Gasteiger partial charge in [0.05, 0.1) is 4.91 Å². The first-order valence-electron chi connectivity index (χ1n) is 5.40. The number of nitrogens with zero attached hydrogens (tertiary/aromatic N) is 4. The van der Waals surface area contributed by atoms with Crippen LogP contribution in [0.25, 0.3) is 16.1 Å². The molecule has 0 aliphatic heterocycles. The Kier molecular flexibility index (Phi) is 3.61. The van der Waals surface area contributed by atoms with Crippen LogP contribution in [0.1, 0.15) is 12.7 Å². The van der Waals surface area contributed by atoms with Crippen molar-refractivity contribution in [3.63, 3.8) is 0 Å². The van der Waals surface area contributed by atoms with Crippen LogP contribution in [0.2, 0.25) is 0 Å². The van der Waals surface area contributed by atoms with Gasteiger partial charge in [0, 0.05) is 7.05 Å². The number of hydrogen-bond acceptors (Lipinski definition) is 6. The molecule has 2 aromatic heterocycles. The highest BCUT2D eigenvalue weighted by Crippen LogP contribution is 2.13. The molecule has 0 aliphatic carbocycles. The number of rotatable bonds is 2. The highest BCUT2D eigenvalue weighted by Gasteiger charge is 2.10. The zero-order valence-corrected chi connectivity index (χ0v) is 11.2. The van der Waals surface area contributed by atoms with Gasteiger partial charge in [-0.15, -0.1) is 22.8 Å². The van der Waals surface area contributed by atoms with Gasteiger partial charge in [-0.2, -0.15) is 0 Å². The third kappa shape index (κ3) is 2.48. The molecule has 0 aliphatic rings. The van der Waals surface area contributed by atoms with Crippen LogP contribution < -0.4 is 11.2 Å². The maximum absolute atomic E-state index is 11.9. The largest absolute Gasteiger partial charge is 0.329 e. The first-order chi connectivity index (χ1) is 9.04. The van der Waals surface area contributed by atoms with Crippen molar-refractivity contribution in [2.45, 2.75) is 6.92 Å². The second-order valence-electron chi connectivity index (χ2n) is 3.70. The molecule has 0 spiro atoms. The number of hydrogen-bond donors (Lipinski definition) is 2. The van der Waals surface area contributed by atoms with E-state index in [1.54, 1.807) is 12.2 Å². The van der Waals surface area contributed by atoms with E-state index >= 15 is 0 Å². The van der Waals surface area contributed by atoms with Gasteiger partial charge in [0.15, 0.2) is 17.0 Å². The maximum atomic E-state index is 11.9. The molecule has 8 heteroatoms. The van der Waals surface area contributed by atoms with Gasteiger partial charge < -0.3 is 0 Å². The van der Waals surface area contributed by atoms with Gasteiger partial charge >= 0.3 is 5.69 Å². The van der Waals surface area contributed by atoms with Crippen LogP contribution >= 0.6 is 12.6 Å². The molecule has 0 radical (unpaired) electrons. The van der Waals surface area contributed by atoms with Gasteiger partial charge in [0.1, 0.15) is 0 Å². The van der Waals surface area contributed by atoms with Crippen molar-refractivity contribution in [3.8, 4) is 0 Å². The first kappa shape index (κ1) is 13.2. The molecular formula is C11H11N5O2S. The minimum atomic E-state index is -0.558. The minimum absolute atomic E-state index is 0.0486. The first-order valence-corrected chi connectivity index (χ1v) is 5.85. The quantitative estimate of drug-likeness (QED) is 0.606. The molecule has 19 heavy (non-hydrogen) atoms. The molecule has 0 saturated heterocycles. The fourth-order valence-electron chi connectivity index (χ4n) is 1.37. The molecule has 0 saturated carbocycles. The third-order valence-corrected chi connectivity index (χ3v) is 2.75. The summed E-state index contributed by atoms with van der Waals surface area (Å²) in [4.78, 5) is 30.3. The minimum Gasteiger partial charge on any atom is -0.288 e. The normalized spacial score (nSPS) is 12.5. The van der Waals surface area contributed by atoms with Gasteiger partial charge in [-0.05, 0) is 13.0 Å². The van der Waals surface area contributed by atoms with E-state index in [0.717, 1.165) is 4.57 Å². The summed E-state index contributed by atoms with van der Waals surface area (Å²) in [7, 11) is 1.36. The summed E-state index contributed by atoms with van der Waals surface area (Å²) in [5, 5.41) is 7.59. The average Bonchev–Trinajstić information content (AvgIpc) is 2.42.